The number of nitrogens with zero attached hydrogens (tertiary/aromatic N) is 1. The summed E-state index contributed by atoms with van der Waals surface area (Å²) in [6, 6.07) is 7.22. The fourth-order valence-electron chi connectivity index (χ4n) is 0.959. The number of nitriles is 1. The molecule has 0 amide bonds. The Morgan fingerprint density at radius 3 is 2.85 bits per heavy atom. The van der Waals surface area contributed by atoms with Crippen LogP contribution in [0.4, 0.5) is 0 Å². The number of hydrogen-bond donors (Lipinski definition) is 1. The average Bonchev–Trinajstić information content (AvgIpc) is 2.10. The van der Waals surface area contributed by atoms with Gasteiger partial charge in [-0.3, -0.25) is 0 Å². The van der Waals surface area contributed by atoms with E-state index >= 15 is 0 Å². The first-order valence-corrected chi connectivity index (χ1v) is 4.89. The summed E-state index contributed by atoms with van der Waals surface area (Å²) in [5, 5.41) is 9.07. The molecule has 1 aromatic rings. The minimum absolute atomic E-state index is 0.254. The third kappa shape index (κ3) is 2.70. The molecule has 0 fully saturated rings. The van der Waals surface area contributed by atoms with Crippen molar-refractivity contribution in [2.45, 2.75) is 12.5 Å². The van der Waals surface area contributed by atoms with Crippen molar-refractivity contribution in [2.24, 2.45) is 5.73 Å². The Kier molecular flexibility index (Phi) is 3.73. The fourth-order valence-corrected chi connectivity index (χ4v) is 1.39. The highest BCUT2D eigenvalue weighted by Crippen LogP contribution is 2.26. The quantitative estimate of drug-likeness (QED) is 0.887. The smallest absolute Gasteiger partial charge is 0.0641 e. The molecule has 0 aromatic heterocycles. The van der Waals surface area contributed by atoms with Gasteiger partial charge in [-0.25, -0.2) is 0 Å². The molecule has 0 bridgehead atoms. The standard InChI is InChI=1S/C9H8BrClN2/c10-7-2-1-6(5-8(7)11)9(13)3-4-12/h1-2,5,9H,3,13H2/t9-/m1/s1. The summed E-state index contributed by atoms with van der Waals surface area (Å²) < 4.78 is 0.835. The summed E-state index contributed by atoms with van der Waals surface area (Å²) in [7, 11) is 0. The molecule has 0 aliphatic carbocycles. The van der Waals surface area contributed by atoms with E-state index in [1.54, 1.807) is 6.07 Å². The molecule has 68 valence electrons. The number of halogens is 2. The van der Waals surface area contributed by atoms with Gasteiger partial charge in [0.25, 0.3) is 0 Å². The van der Waals surface area contributed by atoms with Crippen LogP contribution in [0.5, 0.6) is 0 Å². The lowest BCUT2D eigenvalue weighted by Crippen LogP contribution is -2.08. The Balaban J connectivity index is 2.91. The largest absolute Gasteiger partial charge is 0.323 e. The van der Waals surface area contributed by atoms with Crippen molar-refractivity contribution >= 4 is 27.5 Å². The van der Waals surface area contributed by atoms with Crippen LogP contribution < -0.4 is 5.73 Å². The van der Waals surface area contributed by atoms with Crippen molar-refractivity contribution in [3.63, 3.8) is 0 Å². The predicted octanol–water partition coefficient (Wildman–Crippen LogP) is 3.02. The van der Waals surface area contributed by atoms with Gasteiger partial charge in [0.15, 0.2) is 0 Å². The molecule has 2 N–H and O–H groups in total. The van der Waals surface area contributed by atoms with E-state index in [-0.39, 0.29) is 6.04 Å². The molecule has 0 heterocycles. The van der Waals surface area contributed by atoms with Gasteiger partial charge >= 0.3 is 0 Å². The van der Waals surface area contributed by atoms with Gasteiger partial charge in [0, 0.05) is 10.5 Å². The maximum absolute atomic E-state index is 8.45. The molecule has 0 saturated carbocycles. The van der Waals surface area contributed by atoms with Crippen LogP contribution in [0.1, 0.15) is 18.0 Å². The van der Waals surface area contributed by atoms with E-state index in [2.05, 4.69) is 15.9 Å². The zero-order valence-electron chi connectivity index (χ0n) is 6.80. The van der Waals surface area contributed by atoms with E-state index in [0.29, 0.717) is 11.4 Å². The van der Waals surface area contributed by atoms with Gasteiger partial charge in [-0.1, -0.05) is 17.7 Å². The Morgan fingerprint density at radius 2 is 2.31 bits per heavy atom. The minimum Gasteiger partial charge on any atom is -0.323 e. The summed E-state index contributed by atoms with van der Waals surface area (Å²) in [4.78, 5) is 0. The minimum atomic E-state index is -0.254. The van der Waals surface area contributed by atoms with Gasteiger partial charge in [-0.15, -0.1) is 0 Å². The predicted molar refractivity (Wildman–Crippen MR) is 56.3 cm³/mol. The van der Waals surface area contributed by atoms with Gasteiger partial charge in [0.05, 0.1) is 17.5 Å². The summed E-state index contributed by atoms with van der Waals surface area (Å²) in [5.41, 5.74) is 6.61. The highest BCUT2D eigenvalue weighted by atomic mass is 79.9. The van der Waals surface area contributed by atoms with E-state index in [1.807, 2.05) is 18.2 Å². The average molecular weight is 260 g/mol. The summed E-state index contributed by atoms with van der Waals surface area (Å²) >= 11 is 9.15. The number of rotatable bonds is 2. The van der Waals surface area contributed by atoms with Crippen molar-refractivity contribution < 1.29 is 0 Å². The van der Waals surface area contributed by atoms with E-state index in [1.165, 1.54) is 0 Å². The molecule has 1 aromatic carbocycles. The highest BCUT2D eigenvalue weighted by Gasteiger charge is 2.06. The van der Waals surface area contributed by atoms with Gasteiger partial charge in [0.2, 0.25) is 0 Å². The van der Waals surface area contributed by atoms with E-state index in [9.17, 15) is 0 Å². The molecule has 0 spiro atoms. The van der Waals surface area contributed by atoms with E-state index < -0.39 is 0 Å². The number of hydrogen-bond acceptors (Lipinski definition) is 2. The van der Waals surface area contributed by atoms with Crippen LogP contribution in [-0.4, -0.2) is 0 Å². The Labute approximate surface area is 90.4 Å². The van der Waals surface area contributed by atoms with Gasteiger partial charge in [0.1, 0.15) is 0 Å². The molecule has 0 unspecified atom stereocenters. The summed E-state index contributed by atoms with van der Waals surface area (Å²) in [6.07, 6.45) is 0.304. The SMILES string of the molecule is N#CC[C@@H](N)c1ccc(Br)c(Cl)c1. The summed E-state index contributed by atoms with van der Waals surface area (Å²) in [6.45, 7) is 0. The van der Waals surface area contributed by atoms with E-state index in [0.717, 1.165) is 10.0 Å². The monoisotopic (exact) mass is 258 g/mol. The summed E-state index contributed by atoms with van der Waals surface area (Å²) in [5.74, 6) is 0. The lowest BCUT2D eigenvalue weighted by molar-refractivity contribution is 0.748. The molecular weight excluding hydrogens is 251 g/mol. The zero-order valence-corrected chi connectivity index (χ0v) is 9.14. The fraction of sp³-hybridized carbons (Fsp3) is 0.222. The second-order valence-electron chi connectivity index (χ2n) is 2.64. The van der Waals surface area contributed by atoms with Crippen LogP contribution in [0.2, 0.25) is 5.02 Å². The van der Waals surface area contributed by atoms with Crippen molar-refractivity contribution in [1.29, 1.82) is 5.26 Å². The molecule has 4 heteroatoms. The van der Waals surface area contributed by atoms with Crippen LogP contribution in [0.25, 0.3) is 0 Å². The van der Waals surface area contributed by atoms with Crippen molar-refractivity contribution in [3.8, 4) is 6.07 Å². The van der Waals surface area contributed by atoms with Crippen LogP contribution in [0, 0.1) is 11.3 Å². The van der Waals surface area contributed by atoms with Crippen LogP contribution in [0.3, 0.4) is 0 Å². The first-order valence-electron chi connectivity index (χ1n) is 3.72. The third-order valence-corrected chi connectivity index (χ3v) is 2.92. The first kappa shape index (κ1) is 10.5. The molecular formula is C9H8BrClN2. The third-order valence-electron chi connectivity index (χ3n) is 1.68. The second-order valence-corrected chi connectivity index (χ2v) is 3.90. The maximum atomic E-state index is 8.45. The van der Waals surface area contributed by atoms with Crippen LogP contribution >= 0.6 is 27.5 Å². The Morgan fingerprint density at radius 1 is 1.62 bits per heavy atom. The lowest BCUT2D eigenvalue weighted by Gasteiger charge is -2.08. The van der Waals surface area contributed by atoms with Crippen LogP contribution in [0.15, 0.2) is 22.7 Å². The Bertz CT molecular complexity index is 346. The molecule has 0 aliphatic rings. The maximum Gasteiger partial charge on any atom is 0.0641 e. The Hall–Kier alpha value is -0.560. The number of benzene rings is 1. The highest BCUT2D eigenvalue weighted by molar-refractivity contribution is 9.10. The van der Waals surface area contributed by atoms with Gasteiger partial charge in [-0.05, 0) is 33.6 Å². The normalized spacial score (nSPS) is 12.2. The second kappa shape index (κ2) is 4.61. The lowest BCUT2D eigenvalue weighted by atomic mass is 10.1. The molecule has 13 heavy (non-hydrogen) atoms. The van der Waals surface area contributed by atoms with Gasteiger partial charge < -0.3 is 5.73 Å². The van der Waals surface area contributed by atoms with Crippen molar-refractivity contribution in [2.75, 3.05) is 0 Å². The first-order chi connectivity index (χ1) is 6.15. The molecule has 0 saturated heterocycles. The molecule has 1 atom stereocenters. The van der Waals surface area contributed by atoms with Crippen LogP contribution in [-0.2, 0) is 0 Å². The van der Waals surface area contributed by atoms with Gasteiger partial charge in [-0.2, -0.15) is 5.26 Å². The number of nitrogens with two attached hydrogens (primary N) is 1. The van der Waals surface area contributed by atoms with Crippen molar-refractivity contribution in [3.05, 3.63) is 33.3 Å². The molecule has 1 rings (SSSR count). The molecule has 0 aliphatic heterocycles. The topological polar surface area (TPSA) is 49.8 Å². The molecule has 0 radical (unpaired) electrons. The molecule has 2 nitrogen and oxygen atoms in total. The van der Waals surface area contributed by atoms with Crippen molar-refractivity contribution in [1.82, 2.24) is 0 Å². The van der Waals surface area contributed by atoms with E-state index in [4.69, 9.17) is 22.6 Å². The zero-order chi connectivity index (χ0) is 9.84.